The Morgan fingerprint density at radius 2 is 1.96 bits per heavy atom. The van der Waals surface area contributed by atoms with Crippen LogP contribution in [0.4, 0.5) is 0 Å². The third-order valence-electron chi connectivity index (χ3n) is 3.51. The average molecular weight is 381 g/mol. The largest absolute Gasteiger partial charge is 0.507 e. The number of nitrogens with one attached hydrogen (secondary N) is 1. The summed E-state index contributed by atoms with van der Waals surface area (Å²) in [6.45, 7) is 3.14. The highest BCUT2D eigenvalue weighted by Crippen LogP contribution is 2.22. The van der Waals surface area contributed by atoms with Crippen LogP contribution in [0, 0.1) is 0 Å². The molecule has 0 spiro atoms. The molecule has 0 aliphatic rings. The molecule has 8 heteroatoms. The molecular formula is C17H17ClN2O4S. The number of sulfone groups is 1. The second kappa shape index (κ2) is 7.67. The zero-order valence-corrected chi connectivity index (χ0v) is 15.2. The van der Waals surface area contributed by atoms with Gasteiger partial charge in [-0.25, -0.2) is 13.8 Å². The van der Waals surface area contributed by atoms with Crippen molar-refractivity contribution in [1.82, 2.24) is 5.43 Å². The second-order valence-electron chi connectivity index (χ2n) is 5.23. The zero-order chi connectivity index (χ0) is 18.6. The fourth-order valence-electron chi connectivity index (χ4n) is 2.05. The third-order valence-corrected chi connectivity index (χ3v) is 5.48. The SMILES string of the molecule is CCS(=O)(=O)c1cccc(C(=O)N/N=C(\C)c2cc(Cl)ccc2O)c1. The number of amides is 1. The molecule has 0 aliphatic carbocycles. The van der Waals surface area contributed by atoms with Crippen molar-refractivity contribution in [2.45, 2.75) is 18.7 Å². The van der Waals surface area contributed by atoms with Crippen molar-refractivity contribution in [1.29, 1.82) is 0 Å². The van der Waals surface area contributed by atoms with E-state index in [0.29, 0.717) is 16.3 Å². The Balaban J connectivity index is 2.23. The molecule has 2 aromatic rings. The summed E-state index contributed by atoms with van der Waals surface area (Å²) in [6, 6.07) is 10.2. The number of aromatic hydroxyl groups is 1. The summed E-state index contributed by atoms with van der Waals surface area (Å²) in [5, 5.41) is 14.2. The van der Waals surface area contributed by atoms with Crippen molar-refractivity contribution >= 4 is 33.1 Å². The number of phenols is 1. The van der Waals surface area contributed by atoms with Gasteiger partial charge in [0.1, 0.15) is 5.75 Å². The lowest BCUT2D eigenvalue weighted by Crippen LogP contribution is -2.20. The molecule has 0 radical (unpaired) electrons. The van der Waals surface area contributed by atoms with Crippen molar-refractivity contribution in [2.24, 2.45) is 5.10 Å². The molecule has 0 heterocycles. The Kier molecular flexibility index (Phi) is 5.81. The first-order valence-corrected chi connectivity index (χ1v) is 9.44. The van der Waals surface area contributed by atoms with Gasteiger partial charge in [-0.1, -0.05) is 24.6 Å². The van der Waals surface area contributed by atoms with E-state index in [1.165, 1.54) is 49.4 Å². The van der Waals surface area contributed by atoms with E-state index < -0.39 is 15.7 Å². The Morgan fingerprint density at radius 3 is 2.64 bits per heavy atom. The van der Waals surface area contributed by atoms with Crippen molar-refractivity contribution in [3.63, 3.8) is 0 Å². The fraction of sp³-hybridized carbons (Fsp3) is 0.176. The molecule has 6 nitrogen and oxygen atoms in total. The molecule has 2 N–H and O–H groups in total. The van der Waals surface area contributed by atoms with Gasteiger partial charge in [0.15, 0.2) is 9.84 Å². The van der Waals surface area contributed by atoms with Crippen LogP contribution < -0.4 is 5.43 Å². The highest BCUT2D eigenvalue weighted by molar-refractivity contribution is 7.91. The molecule has 1 amide bonds. The minimum absolute atomic E-state index is 0.0177. The maximum absolute atomic E-state index is 12.2. The number of benzene rings is 2. The molecule has 2 rings (SSSR count). The molecule has 25 heavy (non-hydrogen) atoms. The van der Waals surface area contributed by atoms with Crippen LogP contribution in [0.2, 0.25) is 5.02 Å². The quantitative estimate of drug-likeness (QED) is 0.615. The number of nitrogens with zero attached hydrogens (tertiary/aromatic N) is 1. The minimum Gasteiger partial charge on any atom is -0.507 e. The molecule has 0 aliphatic heterocycles. The van der Waals surface area contributed by atoms with Crippen LogP contribution in [-0.4, -0.2) is 30.9 Å². The van der Waals surface area contributed by atoms with Gasteiger partial charge in [-0.05, 0) is 43.3 Å². The average Bonchev–Trinajstić information content (AvgIpc) is 2.61. The summed E-state index contributed by atoms with van der Waals surface area (Å²) in [5.41, 5.74) is 3.25. The predicted octanol–water partition coefficient (Wildman–Crippen LogP) is 2.99. The zero-order valence-electron chi connectivity index (χ0n) is 13.7. The van der Waals surface area contributed by atoms with Gasteiger partial charge in [0, 0.05) is 16.1 Å². The summed E-state index contributed by atoms with van der Waals surface area (Å²) in [4.78, 5) is 12.3. The number of hydrazone groups is 1. The Labute approximate surface area is 151 Å². The normalized spacial score (nSPS) is 12.0. The minimum atomic E-state index is -3.40. The van der Waals surface area contributed by atoms with Gasteiger partial charge in [0.2, 0.25) is 0 Å². The van der Waals surface area contributed by atoms with Crippen molar-refractivity contribution in [3.05, 3.63) is 58.6 Å². The van der Waals surface area contributed by atoms with Crippen LogP contribution in [0.15, 0.2) is 52.5 Å². The van der Waals surface area contributed by atoms with E-state index in [-0.39, 0.29) is 22.0 Å². The lowest BCUT2D eigenvalue weighted by Gasteiger charge is -2.07. The highest BCUT2D eigenvalue weighted by atomic mass is 35.5. The van der Waals surface area contributed by atoms with Crippen LogP contribution in [-0.2, 0) is 9.84 Å². The Hall–Kier alpha value is -2.38. The van der Waals surface area contributed by atoms with Crippen molar-refractivity contribution in [3.8, 4) is 5.75 Å². The molecule has 0 atom stereocenters. The highest BCUT2D eigenvalue weighted by Gasteiger charge is 2.14. The topological polar surface area (TPSA) is 95.8 Å². The first kappa shape index (κ1) is 19.0. The second-order valence-corrected chi connectivity index (χ2v) is 7.95. The molecule has 0 saturated carbocycles. The van der Waals surface area contributed by atoms with E-state index in [4.69, 9.17) is 11.6 Å². The number of rotatable bonds is 5. The number of carbonyl (C=O) groups excluding carboxylic acids is 1. The molecular weight excluding hydrogens is 364 g/mol. The third kappa shape index (κ3) is 4.58. The maximum Gasteiger partial charge on any atom is 0.271 e. The number of halogens is 1. The van der Waals surface area contributed by atoms with Crippen LogP contribution in [0.5, 0.6) is 5.75 Å². The van der Waals surface area contributed by atoms with Gasteiger partial charge in [0.25, 0.3) is 5.91 Å². The van der Waals surface area contributed by atoms with E-state index in [1.807, 2.05) is 0 Å². The number of phenolic OH excluding ortho intramolecular Hbond substituents is 1. The molecule has 0 bridgehead atoms. The van der Waals surface area contributed by atoms with Crippen LogP contribution in [0.1, 0.15) is 29.8 Å². The number of hydrogen-bond donors (Lipinski definition) is 2. The van der Waals surface area contributed by atoms with Crippen LogP contribution in [0.3, 0.4) is 0 Å². The van der Waals surface area contributed by atoms with E-state index in [2.05, 4.69) is 10.5 Å². The summed E-state index contributed by atoms with van der Waals surface area (Å²) in [6.07, 6.45) is 0. The van der Waals surface area contributed by atoms with Gasteiger partial charge in [-0.15, -0.1) is 0 Å². The number of carbonyl (C=O) groups is 1. The first-order chi connectivity index (χ1) is 11.7. The number of hydrogen-bond acceptors (Lipinski definition) is 5. The Bertz CT molecular complexity index is 939. The summed E-state index contributed by atoms with van der Waals surface area (Å²) < 4.78 is 23.8. The van der Waals surface area contributed by atoms with Crippen LogP contribution >= 0.6 is 11.6 Å². The molecule has 0 saturated heterocycles. The molecule has 0 fully saturated rings. The lowest BCUT2D eigenvalue weighted by molar-refractivity contribution is 0.0954. The van der Waals surface area contributed by atoms with Gasteiger partial charge < -0.3 is 5.11 Å². The fourth-order valence-corrected chi connectivity index (χ4v) is 3.15. The summed E-state index contributed by atoms with van der Waals surface area (Å²) in [5.74, 6) is -0.631. The predicted molar refractivity (Wildman–Crippen MR) is 97.0 cm³/mol. The van der Waals surface area contributed by atoms with E-state index >= 15 is 0 Å². The van der Waals surface area contributed by atoms with Gasteiger partial charge in [-0.2, -0.15) is 5.10 Å². The van der Waals surface area contributed by atoms with E-state index in [0.717, 1.165) is 0 Å². The summed E-state index contributed by atoms with van der Waals surface area (Å²) in [7, 11) is -3.40. The Morgan fingerprint density at radius 1 is 1.24 bits per heavy atom. The standard InChI is InChI=1S/C17H17ClN2O4S/c1-3-25(23,24)14-6-4-5-12(9-14)17(22)20-19-11(2)15-10-13(18)7-8-16(15)21/h4-10,21H,3H2,1-2H3,(H,20,22)/b19-11+. The monoisotopic (exact) mass is 380 g/mol. The molecule has 2 aromatic carbocycles. The molecule has 132 valence electrons. The van der Waals surface area contributed by atoms with Gasteiger partial charge in [-0.3, -0.25) is 4.79 Å². The van der Waals surface area contributed by atoms with Crippen molar-refractivity contribution in [2.75, 3.05) is 5.75 Å². The van der Waals surface area contributed by atoms with E-state index in [1.54, 1.807) is 6.92 Å². The molecule has 0 unspecified atom stereocenters. The molecule has 0 aromatic heterocycles. The maximum atomic E-state index is 12.2. The van der Waals surface area contributed by atoms with Gasteiger partial charge >= 0.3 is 0 Å². The van der Waals surface area contributed by atoms with E-state index in [9.17, 15) is 18.3 Å². The smallest absolute Gasteiger partial charge is 0.271 e. The summed E-state index contributed by atoms with van der Waals surface area (Å²) >= 11 is 5.88. The van der Waals surface area contributed by atoms with Gasteiger partial charge in [0.05, 0.1) is 16.4 Å². The first-order valence-electron chi connectivity index (χ1n) is 7.41. The van der Waals surface area contributed by atoms with Crippen molar-refractivity contribution < 1.29 is 18.3 Å². The lowest BCUT2D eigenvalue weighted by atomic mass is 10.1. The van der Waals surface area contributed by atoms with Crippen LogP contribution in [0.25, 0.3) is 0 Å².